The lowest BCUT2D eigenvalue weighted by molar-refractivity contribution is -0.128. The fourth-order valence-electron chi connectivity index (χ4n) is 2.31. The number of anilines is 1. The molecule has 0 spiro atoms. The third kappa shape index (κ3) is 4.66. The molecule has 1 aromatic rings. The van der Waals surface area contributed by atoms with Gasteiger partial charge in [-0.1, -0.05) is 6.08 Å². The Kier molecular flexibility index (Phi) is 5.66. The van der Waals surface area contributed by atoms with Crippen LogP contribution in [-0.2, 0) is 9.59 Å². The SMILES string of the molecule is C/C=C/C(=O)N1CCN(CC(=O)Nc2ccc(F)cc2)CC1. The lowest BCUT2D eigenvalue weighted by atomic mass is 10.3. The minimum Gasteiger partial charge on any atom is -0.337 e. The van der Waals surface area contributed by atoms with E-state index in [4.69, 9.17) is 0 Å². The van der Waals surface area contributed by atoms with Crippen LogP contribution in [0.25, 0.3) is 0 Å². The molecule has 0 bridgehead atoms. The molecule has 1 aliphatic rings. The number of carbonyl (C=O) groups is 2. The second-order valence-electron chi connectivity index (χ2n) is 5.16. The number of nitrogens with zero attached hydrogens (tertiary/aromatic N) is 2. The third-order valence-electron chi connectivity index (χ3n) is 3.49. The average Bonchev–Trinajstić information content (AvgIpc) is 2.50. The first-order valence-electron chi connectivity index (χ1n) is 7.28. The summed E-state index contributed by atoms with van der Waals surface area (Å²) in [4.78, 5) is 27.4. The Bertz CT molecular complexity index is 549. The van der Waals surface area contributed by atoms with E-state index in [2.05, 4.69) is 5.32 Å². The maximum Gasteiger partial charge on any atom is 0.246 e. The molecule has 1 saturated heterocycles. The van der Waals surface area contributed by atoms with Gasteiger partial charge in [-0.05, 0) is 37.3 Å². The number of hydrogen-bond donors (Lipinski definition) is 1. The molecule has 0 saturated carbocycles. The van der Waals surface area contributed by atoms with Gasteiger partial charge in [-0.15, -0.1) is 0 Å². The highest BCUT2D eigenvalue weighted by molar-refractivity contribution is 5.92. The molecule has 0 unspecified atom stereocenters. The molecule has 0 atom stereocenters. The van der Waals surface area contributed by atoms with Crippen LogP contribution in [0.15, 0.2) is 36.4 Å². The molecule has 2 rings (SSSR count). The predicted octanol–water partition coefficient (Wildman–Crippen LogP) is 1.48. The lowest BCUT2D eigenvalue weighted by Crippen LogP contribution is -2.50. The van der Waals surface area contributed by atoms with Crippen molar-refractivity contribution in [3.05, 3.63) is 42.2 Å². The molecule has 22 heavy (non-hydrogen) atoms. The zero-order chi connectivity index (χ0) is 15.9. The van der Waals surface area contributed by atoms with Crippen molar-refractivity contribution < 1.29 is 14.0 Å². The van der Waals surface area contributed by atoms with Gasteiger partial charge in [0, 0.05) is 31.9 Å². The topological polar surface area (TPSA) is 52.7 Å². The lowest BCUT2D eigenvalue weighted by Gasteiger charge is -2.33. The van der Waals surface area contributed by atoms with E-state index in [-0.39, 0.29) is 24.2 Å². The number of allylic oxidation sites excluding steroid dienone is 1. The van der Waals surface area contributed by atoms with Gasteiger partial charge in [0.2, 0.25) is 11.8 Å². The number of rotatable bonds is 4. The Hall–Kier alpha value is -2.21. The van der Waals surface area contributed by atoms with Gasteiger partial charge >= 0.3 is 0 Å². The van der Waals surface area contributed by atoms with Gasteiger partial charge in [0.15, 0.2) is 0 Å². The molecule has 0 aliphatic carbocycles. The largest absolute Gasteiger partial charge is 0.337 e. The van der Waals surface area contributed by atoms with Gasteiger partial charge in [-0.25, -0.2) is 4.39 Å². The highest BCUT2D eigenvalue weighted by Gasteiger charge is 2.20. The summed E-state index contributed by atoms with van der Waals surface area (Å²) in [5.41, 5.74) is 0.577. The Balaban J connectivity index is 1.77. The zero-order valence-corrected chi connectivity index (χ0v) is 12.6. The van der Waals surface area contributed by atoms with E-state index < -0.39 is 0 Å². The van der Waals surface area contributed by atoms with Crippen LogP contribution in [0.1, 0.15) is 6.92 Å². The molecule has 0 radical (unpaired) electrons. The molecule has 6 heteroatoms. The molecule has 1 aromatic carbocycles. The van der Waals surface area contributed by atoms with E-state index in [1.807, 2.05) is 11.8 Å². The Morgan fingerprint density at radius 1 is 1.18 bits per heavy atom. The molecule has 118 valence electrons. The molecule has 2 amide bonds. The van der Waals surface area contributed by atoms with Crippen molar-refractivity contribution in [2.75, 3.05) is 38.0 Å². The summed E-state index contributed by atoms with van der Waals surface area (Å²) in [5.74, 6) is -0.460. The van der Waals surface area contributed by atoms with Gasteiger partial charge in [0.05, 0.1) is 6.54 Å². The van der Waals surface area contributed by atoms with Gasteiger partial charge < -0.3 is 10.2 Å². The van der Waals surface area contributed by atoms with E-state index in [1.54, 1.807) is 17.1 Å². The van der Waals surface area contributed by atoms with Crippen molar-refractivity contribution in [2.24, 2.45) is 0 Å². The number of amides is 2. The van der Waals surface area contributed by atoms with Gasteiger partial charge in [0.1, 0.15) is 5.82 Å². The second kappa shape index (κ2) is 7.70. The summed E-state index contributed by atoms with van der Waals surface area (Å²) in [6.07, 6.45) is 3.28. The molecule has 5 nitrogen and oxygen atoms in total. The molecule has 0 aromatic heterocycles. The monoisotopic (exact) mass is 305 g/mol. The number of hydrogen-bond acceptors (Lipinski definition) is 3. The Labute approximate surface area is 129 Å². The minimum atomic E-state index is -0.333. The van der Waals surface area contributed by atoms with Crippen LogP contribution in [0.4, 0.5) is 10.1 Å². The molecular formula is C16H20FN3O2. The van der Waals surface area contributed by atoms with Crippen LogP contribution in [0, 0.1) is 5.82 Å². The van der Waals surface area contributed by atoms with Gasteiger partial charge in [-0.3, -0.25) is 14.5 Å². The first kappa shape index (κ1) is 16.2. The smallest absolute Gasteiger partial charge is 0.246 e. The van der Waals surface area contributed by atoms with Gasteiger partial charge in [-0.2, -0.15) is 0 Å². The summed E-state index contributed by atoms with van der Waals surface area (Å²) in [7, 11) is 0. The van der Waals surface area contributed by atoms with Crippen LogP contribution in [0.5, 0.6) is 0 Å². The normalized spacial score (nSPS) is 16.0. The maximum absolute atomic E-state index is 12.8. The Morgan fingerprint density at radius 2 is 1.82 bits per heavy atom. The van der Waals surface area contributed by atoms with Crippen LogP contribution >= 0.6 is 0 Å². The molecular weight excluding hydrogens is 285 g/mol. The van der Waals surface area contributed by atoms with E-state index in [9.17, 15) is 14.0 Å². The van der Waals surface area contributed by atoms with Crippen molar-refractivity contribution in [3.8, 4) is 0 Å². The number of halogens is 1. The summed E-state index contributed by atoms with van der Waals surface area (Å²) < 4.78 is 12.8. The van der Waals surface area contributed by atoms with E-state index in [1.165, 1.54) is 24.3 Å². The number of piperazine rings is 1. The zero-order valence-electron chi connectivity index (χ0n) is 12.6. The van der Waals surface area contributed by atoms with Crippen molar-refractivity contribution in [1.29, 1.82) is 0 Å². The predicted molar refractivity (Wildman–Crippen MR) is 82.9 cm³/mol. The quantitative estimate of drug-likeness (QED) is 0.858. The van der Waals surface area contributed by atoms with E-state index >= 15 is 0 Å². The fourth-order valence-corrected chi connectivity index (χ4v) is 2.31. The van der Waals surface area contributed by atoms with Crippen molar-refractivity contribution in [2.45, 2.75) is 6.92 Å². The minimum absolute atomic E-state index is 0.0120. The molecule has 1 aliphatic heterocycles. The average molecular weight is 305 g/mol. The highest BCUT2D eigenvalue weighted by Crippen LogP contribution is 2.09. The highest BCUT2D eigenvalue weighted by atomic mass is 19.1. The van der Waals surface area contributed by atoms with E-state index in [0.29, 0.717) is 31.9 Å². The van der Waals surface area contributed by atoms with Crippen molar-refractivity contribution >= 4 is 17.5 Å². The third-order valence-corrected chi connectivity index (χ3v) is 3.49. The Morgan fingerprint density at radius 3 is 2.41 bits per heavy atom. The van der Waals surface area contributed by atoms with Crippen LogP contribution < -0.4 is 5.32 Å². The summed E-state index contributed by atoms with van der Waals surface area (Å²) in [6, 6.07) is 5.67. The van der Waals surface area contributed by atoms with E-state index in [0.717, 1.165) is 0 Å². The van der Waals surface area contributed by atoms with Crippen LogP contribution in [0.3, 0.4) is 0 Å². The molecule has 1 N–H and O–H groups in total. The molecule has 1 heterocycles. The standard InChI is InChI=1S/C16H20FN3O2/c1-2-3-16(22)20-10-8-19(9-11-20)12-15(21)18-14-6-4-13(17)5-7-14/h2-7H,8-12H2,1H3,(H,18,21)/b3-2+. The van der Waals surface area contributed by atoms with Crippen molar-refractivity contribution in [1.82, 2.24) is 9.80 Å². The fraction of sp³-hybridized carbons (Fsp3) is 0.375. The first-order valence-corrected chi connectivity index (χ1v) is 7.28. The van der Waals surface area contributed by atoms with Crippen LogP contribution in [-0.4, -0.2) is 54.3 Å². The number of carbonyl (C=O) groups excluding carboxylic acids is 2. The summed E-state index contributed by atoms with van der Waals surface area (Å²) >= 11 is 0. The summed E-state index contributed by atoms with van der Waals surface area (Å²) in [5, 5.41) is 2.73. The number of nitrogens with one attached hydrogen (secondary N) is 1. The second-order valence-corrected chi connectivity index (χ2v) is 5.16. The van der Waals surface area contributed by atoms with Crippen LogP contribution in [0.2, 0.25) is 0 Å². The first-order chi connectivity index (χ1) is 10.6. The maximum atomic E-state index is 12.8. The molecule has 1 fully saturated rings. The van der Waals surface area contributed by atoms with Gasteiger partial charge in [0.25, 0.3) is 0 Å². The number of benzene rings is 1. The van der Waals surface area contributed by atoms with Crippen molar-refractivity contribution in [3.63, 3.8) is 0 Å². The summed E-state index contributed by atoms with van der Waals surface area (Å²) in [6.45, 7) is 4.65.